The summed E-state index contributed by atoms with van der Waals surface area (Å²) in [6.07, 6.45) is 3.05. The molecule has 1 nitrogen and oxygen atoms in total. The Labute approximate surface area is 107 Å². The van der Waals surface area contributed by atoms with Crippen molar-refractivity contribution in [2.75, 3.05) is 18.1 Å². The maximum atomic E-state index is 13.8. The maximum absolute atomic E-state index is 13.8. The molecule has 0 saturated heterocycles. The van der Waals surface area contributed by atoms with Crippen LogP contribution in [-0.4, -0.2) is 12.8 Å². The number of thioether (sulfide) groups is 1. The Morgan fingerprint density at radius 3 is 2.53 bits per heavy atom. The van der Waals surface area contributed by atoms with Gasteiger partial charge < -0.3 is 5.32 Å². The van der Waals surface area contributed by atoms with E-state index in [0.717, 1.165) is 18.5 Å². The summed E-state index contributed by atoms with van der Waals surface area (Å²) in [5.74, 6) is -0.180. The van der Waals surface area contributed by atoms with Crippen molar-refractivity contribution in [3.8, 4) is 0 Å². The van der Waals surface area contributed by atoms with E-state index >= 15 is 0 Å². The van der Waals surface area contributed by atoms with Crippen LogP contribution in [0.25, 0.3) is 5.57 Å². The molecule has 0 aromatic heterocycles. The maximum Gasteiger partial charge on any atom is 0.146 e. The van der Waals surface area contributed by atoms with Gasteiger partial charge in [-0.15, -0.1) is 11.8 Å². The number of nitrogens with one attached hydrogen (secondary N) is 1. The van der Waals surface area contributed by atoms with E-state index in [9.17, 15) is 4.39 Å². The molecule has 1 aromatic rings. The fourth-order valence-electron chi connectivity index (χ4n) is 1.81. The SMILES string of the molecule is CCNc1ccc(/C(C)=C(\CC)SC)cc1F. The number of hydrogen-bond acceptors (Lipinski definition) is 2. The first-order valence-corrected chi connectivity index (χ1v) is 7.14. The van der Waals surface area contributed by atoms with E-state index in [4.69, 9.17) is 0 Å². The molecule has 0 heterocycles. The van der Waals surface area contributed by atoms with Gasteiger partial charge in [-0.25, -0.2) is 4.39 Å². The second kappa shape index (κ2) is 6.70. The monoisotopic (exact) mass is 253 g/mol. The Morgan fingerprint density at radius 1 is 1.35 bits per heavy atom. The average molecular weight is 253 g/mol. The Morgan fingerprint density at radius 2 is 2.06 bits per heavy atom. The van der Waals surface area contributed by atoms with Gasteiger partial charge in [-0.05, 0) is 54.7 Å². The average Bonchev–Trinajstić information content (AvgIpc) is 2.33. The van der Waals surface area contributed by atoms with Crippen LogP contribution in [0.1, 0.15) is 32.8 Å². The third-order valence-electron chi connectivity index (χ3n) is 2.76. The van der Waals surface area contributed by atoms with Crippen molar-refractivity contribution in [3.63, 3.8) is 0 Å². The number of benzene rings is 1. The molecular weight excluding hydrogens is 233 g/mol. The molecule has 0 bridgehead atoms. The van der Waals surface area contributed by atoms with Gasteiger partial charge in [-0.2, -0.15) is 0 Å². The molecule has 0 aliphatic carbocycles. The zero-order valence-electron chi connectivity index (χ0n) is 10.9. The first kappa shape index (κ1) is 14.1. The van der Waals surface area contributed by atoms with Crippen molar-refractivity contribution in [2.45, 2.75) is 27.2 Å². The largest absolute Gasteiger partial charge is 0.383 e. The van der Waals surface area contributed by atoms with Gasteiger partial charge in [0.25, 0.3) is 0 Å². The summed E-state index contributed by atoms with van der Waals surface area (Å²) in [6.45, 7) is 6.87. The second-order valence-corrected chi connectivity index (χ2v) is 4.73. The van der Waals surface area contributed by atoms with Crippen LogP contribution in [0.2, 0.25) is 0 Å². The van der Waals surface area contributed by atoms with E-state index in [1.54, 1.807) is 17.8 Å². The van der Waals surface area contributed by atoms with Crippen molar-refractivity contribution in [2.24, 2.45) is 0 Å². The molecule has 0 atom stereocenters. The molecular formula is C14H20FNS. The van der Waals surface area contributed by atoms with Crippen molar-refractivity contribution >= 4 is 23.0 Å². The first-order chi connectivity index (χ1) is 8.13. The molecule has 1 N–H and O–H groups in total. The zero-order valence-corrected chi connectivity index (χ0v) is 11.7. The summed E-state index contributed by atoms with van der Waals surface area (Å²) in [6, 6.07) is 5.40. The summed E-state index contributed by atoms with van der Waals surface area (Å²) in [5.41, 5.74) is 2.71. The van der Waals surface area contributed by atoms with E-state index < -0.39 is 0 Å². The first-order valence-electron chi connectivity index (χ1n) is 5.91. The van der Waals surface area contributed by atoms with E-state index in [1.807, 2.05) is 19.1 Å². The predicted molar refractivity (Wildman–Crippen MR) is 77.0 cm³/mol. The normalized spacial score (nSPS) is 12.3. The molecule has 0 amide bonds. The van der Waals surface area contributed by atoms with Gasteiger partial charge in [0.15, 0.2) is 0 Å². The minimum Gasteiger partial charge on any atom is -0.383 e. The molecule has 0 fully saturated rings. The fraction of sp³-hybridized carbons (Fsp3) is 0.429. The Kier molecular flexibility index (Phi) is 5.56. The Hall–Kier alpha value is -0.960. The predicted octanol–water partition coefficient (Wildman–Crippen LogP) is 4.76. The smallest absolute Gasteiger partial charge is 0.146 e. The highest BCUT2D eigenvalue weighted by Crippen LogP contribution is 2.29. The minimum atomic E-state index is -0.180. The van der Waals surface area contributed by atoms with Gasteiger partial charge in [-0.1, -0.05) is 13.0 Å². The van der Waals surface area contributed by atoms with Gasteiger partial charge >= 0.3 is 0 Å². The van der Waals surface area contributed by atoms with Crippen molar-refractivity contribution in [1.82, 2.24) is 0 Å². The number of hydrogen-bond donors (Lipinski definition) is 1. The Bertz CT molecular complexity index is 407. The van der Waals surface area contributed by atoms with Gasteiger partial charge in [0, 0.05) is 6.54 Å². The second-order valence-electron chi connectivity index (χ2n) is 3.83. The van der Waals surface area contributed by atoms with Crippen LogP contribution >= 0.6 is 11.8 Å². The molecule has 94 valence electrons. The van der Waals surface area contributed by atoms with Crippen LogP contribution in [-0.2, 0) is 0 Å². The lowest BCUT2D eigenvalue weighted by Crippen LogP contribution is -1.99. The molecule has 1 aromatic carbocycles. The van der Waals surface area contributed by atoms with Gasteiger partial charge in [0.1, 0.15) is 5.82 Å². The minimum absolute atomic E-state index is 0.180. The Balaban J connectivity index is 3.09. The van der Waals surface area contributed by atoms with Crippen LogP contribution in [0.4, 0.5) is 10.1 Å². The van der Waals surface area contributed by atoms with E-state index in [2.05, 4.69) is 25.4 Å². The molecule has 0 spiro atoms. The topological polar surface area (TPSA) is 12.0 Å². The fourth-order valence-corrected chi connectivity index (χ4v) is 2.52. The zero-order chi connectivity index (χ0) is 12.8. The lowest BCUT2D eigenvalue weighted by Gasteiger charge is -2.10. The van der Waals surface area contributed by atoms with E-state index in [-0.39, 0.29) is 5.82 Å². The third kappa shape index (κ3) is 3.50. The van der Waals surface area contributed by atoms with Crippen LogP contribution in [0.5, 0.6) is 0 Å². The molecule has 17 heavy (non-hydrogen) atoms. The highest BCUT2D eigenvalue weighted by molar-refractivity contribution is 8.02. The molecule has 1 rings (SSSR count). The summed E-state index contributed by atoms with van der Waals surface area (Å²) < 4.78 is 13.8. The number of halogens is 1. The molecule has 0 radical (unpaired) electrons. The molecule has 0 aliphatic heterocycles. The summed E-state index contributed by atoms with van der Waals surface area (Å²) in [7, 11) is 0. The molecule has 0 saturated carbocycles. The third-order valence-corrected chi connectivity index (χ3v) is 3.84. The van der Waals surface area contributed by atoms with Crippen molar-refractivity contribution in [3.05, 3.63) is 34.5 Å². The van der Waals surface area contributed by atoms with Crippen LogP contribution < -0.4 is 5.32 Å². The standard InChI is InChI=1S/C14H20FNS/c1-5-14(17-4)10(3)11-7-8-13(16-6-2)12(15)9-11/h7-9,16H,5-6H2,1-4H3/b14-10+. The summed E-state index contributed by atoms with van der Waals surface area (Å²) in [4.78, 5) is 1.31. The molecule has 0 aliphatic rings. The van der Waals surface area contributed by atoms with Crippen molar-refractivity contribution < 1.29 is 4.39 Å². The van der Waals surface area contributed by atoms with Gasteiger partial charge in [-0.3, -0.25) is 0 Å². The summed E-state index contributed by atoms with van der Waals surface area (Å²) >= 11 is 1.73. The molecule has 0 unspecified atom stereocenters. The van der Waals surface area contributed by atoms with Gasteiger partial charge in [0.2, 0.25) is 0 Å². The highest BCUT2D eigenvalue weighted by atomic mass is 32.2. The van der Waals surface area contributed by atoms with E-state index in [1.165, 1.54) is 10.5 Å². The highest BCUT2D eigenvalue weighted by Gasteiger charge is 2.06. The lowest BCUT2D eigenvalue weighted by molar-refractivity contribution is 0.630. The summed E-state index contributed by atoms with van der Waals surface area (Å²) in [5, 5.41) is 3.00. The van der Waals surface area contributed by atoms with Gasteiger partial charge in [0.05, 0.1) is 5.69 Å². The number of allylic oxidation sites excluding steroid dienone is 2. The van der Waals surface area contributed by atoms with Crippen LogP contribution in [0.15, 0.2) is 23.1 Å². The van der Waals surface area contributed by atoms with Crippen LogP contribution in [0, 0.1) is 5.82 Å². The van der Waals surface area contributed by atoms with E-state index in [0.29, 0.717) is 5.69 Å². The number of anilines is 1. The van der Waals surface area contributed by atoms with Crippen molar-refractivity contribution in [1.29, 1.82) is 0 Å². The lowest BCUT2D eigenvalue weighted by atomic mass is 10.1. The van der Waals surface area contributed by atoms with Crippen LogP contribution in [0.3, 0.4) is 0 Å². The quantitative estimate of drug-likeness (QED) is 0.812. The number of rotatable bonds is 5. The molecule has 3 heteroatoms.